The zero-order valence-corrected chi connectivity index (χ0v) is 17.5. The Kier molecular flexibility index (Phi) is 9.98. The fourth-order valence-corrected chi connectivity index (χ4v) is 2.50. The molecule has 2 rings (SSSR count). The number of halogens is 1. The number of nitrogens with zero attached hydrogens (tertiary/aromatic N) is 3. The van der Waals surface area contributed by atoms with Gasteiger partial charge in [0.15, 0.2) is 5.96 Å². The van der Waals surface area contributed by atoms with Gasteiger partial charge in [-0.05, 0) is 25.8 Å². The van der Waals surface area contributed by atoms with Crippen LogP contribution in [0.25, 0.3) is 0 Å². The molecule has 2 aromatic rings. The van der Waals surface area contributed by atoms with E-state index >= 15 is 0 Å². The number of aryl methyl sites for hydroxylation is 2. The van der Waals surface area contributed by atoms with E-state index in [1.165, 1.54) is 0 Å². The fourth-order valence-electron chi connectivity index (χ4n) is 2.50. The SMILES string of the molecule is CN=C(NCCCCn1ccnc1C)NCc1ccccc1OC.I. The van der Waals surface area contributed by atoms with Crippen LogP contribution >= 0.6 is 24.0 Å². The van der Waals surface area contributed by atoms with Crippen molar-refractivity contribution in [1.29, 1.82) is 0 Å². The second-order valence-corrected chi connectivity index (χ2v) is 5.54. The summed E-state index contributed by atoms with van der Waals surface area (Å²) in [5.41, 5.74) is 1.11. The summed E-state index contributed by atoms with van der Waals surface area (Å²) in [4.78, 5) is 8.49. The normalized spacial score (nSPS) is 10.9. The molecule has 0 unspecified atom stereocenters. The van der Waals surface area contributed by atoms with Crippen molar-refractivity contribution in [2.45, 2.75) is 32.9 Å². The number of aromatic nitrogens is 2. The van der Waals surface area contributed by atoms with Gasteiger partial charge in [0.05, 0.1) is 7.11 Å². The van der Waals surface area contributed by atoms with Crippen molar-refractivity contribution >= 4 is 29.9 Å². The molecule has 0 saturated carbocycles. The van der Waals surface area contributed by atoms with Gasteiger partial charge in [-0.3, -0.25) is 4.99 Å². The van der Waals surface area contributed by atoms with Crippen LogP contribution in [0.3, 0.4) is 0 Å². The van der Waals surface area contributed by atoms with Gasteiger partial charge in [0.25, 0.3) is 0 Å². The number of ether oxygens (including phenoxy) is 1. The number of methoxy groups -OCH3 is 1. The van der Waals surface area contributed by atoms with Gasteiger partial charge in [0, 0.05) is 44.6 Å². The summed E-state index contributed by atoms with van der Waals surface area (Å²) in [7, 11) is 3.47. The van der Waals surface area contributed by atoms with E-state index in [4.69, 9.17) is 4.74 Å². The molecule has 0 aliphatic heterocycles. The van der Waals surface area contributed by atoms with Crippen LogP contribution in [0.5, 0.6) is 5.75 Å². The van der Waals surface area contributed by atoms with Gasteiger partial charge in [-0.2, -0.15) is 0 Å². The van der Waals surface area contributed by atoms with Crippen LogP contribution < -0.4 is 15.4 Å². The summed E-state index contributed by atoms with van der Waals surface area (Å²) in [5.74, 6) is 2.76. The third-order valence-corrected chi connectivity index (χ3v) is 3.90. The number of para-hydroxylation sites is 1. The molecule has 1 aromatic heterocycles. The van der Waals surface area contributed by atoms with Gasteiger partial charge in [0.2, 0.25) is 0 Å². The second-order valence-electron chi connectivity index (χ2n) is 5.54. The molecule has 1 aromatic carbocycles. The van der Waals surface area contributed by atoms with E-state index in [2.05, 4.69) is 25.2 Å². The number of imidazole rings is 1. The molecule has 0 saturated heterocycles. The average Bonchev–Trinajstić information content (AvgIpc) is 3.02. The number of hydrogen-bond acceptors (Lipinski definition) is 3. The molecule has 0 bridgehead atoms. The first-order chi connectivity index (χ1) is 11.7. The molecule has 0 atom stereocenters. The molecule has 0 fully saturated rings. The van der Waals surface area contributed by atoms with Crippen LogP contribution in [0, 0.1) is 6.92 Å². The van der Waals surface area contributed by atoms with Crippen molar-refractivity contribution < 1.29 is 4.74 Å². The number of aliphatic imine (C=N–C) groups is 1. The predicted octanol–water partition coefficient (Wildman–Crippen LogP) is 2.96. The summed E-state index contributed by atoms with van der Waals surface area (Å²) in [6.07, 6.45) is 6.05. The lowest BCUT2D eigenvalue weighted by Crippen LogP contribution is -2.37. The Morgan fingerprint density at radius 1 is 1.24 bits per heavy atom. The zero-order chi connectivity index (χ0) is 17.2. The third-order valence-electron chi connectivity index (χ3n) is 3.90. The number of unbranched alkanes of at least 4 members (excludes halogenated alkanes) is 1. The third kappa shape index (κ3) is 6.93. The Balaban J connectivity index is 0.00000312. The van der Waals surface area contributed by atoms with Crippen LogP contribution in [0.2, 0.25) is 0 Å². The maximum Gasteiger partial charge on any atom is 0.191 e. The van der Waals surface area contributed by atoms with E-state index in [-0.39, 0.29) is 24.0 Å². The topological polar surface area (TPSA) is 63.5 Å². The molecular weight excluding hydrogens is 429 g/mol. The average molecular weight is 457 g/mol. The van der Waals surface area contributed by atoms with Gasteiger partial charge in [-0.15, -0.1) is 24.0 Å². The second kappa shape index (κ2) is 11.7. The highest BCUT2D eigenvalue weighted by Crippen LogP contribution is 2.16. The molecule has 0 amide bonds. The van der Waals surface area contributed by atoms with Gasteiger partial charge >= 0.3 is 0 Å². The molecule has 0 aliphatic carbocycles. The van der Waals surface area contributed by atoms with Gasteiger partial charge in [0.1, 0.15) is 11.6 Å². The summed E-state index contributed by atoms with van der Waals surface area (Å²) in [6, 6.07) is 7.99. The number of guanidine groups is 1. The molecule has 25 heavy (non-hydrogen) atoms. The van der Waals surface area contributed by atoms with Crippen molar-refractivity contribution in [3.05, 3.63) is 48.0 Å². The molecule has 138 valence electrons. The quantitative estimate of drug-likeness (QED) is 0.277. The highest BCUT2D eigenvalue weighted by molar-refractivity contribution is 14.0. The Hall–Kier alpha value is -1.77. The van der Waals surface area contributed by atoms with E-state index in [0.29, 0.717) is 6.54 Å². The van der Waals surface area contributed by atoms with E-state index in [0.717, 1.165) is 49.0 Å². The Morgan fingerprint density at radius 2 is 2.04 bits per heavy atom. The molecular formula is C18H28IN5O. The first kappa shape index (κ1) is 21.3. The van der Waals surface area contributed by atoms with Crippen molar-refractivity contribution in [2.75, 3.05) is 20.7 Å². The van der Waals surface area contributed by atoms with Crippen LogP contribution in [0.4, 0.5) is 0 Å². The van der Waals surface area contributed by atoms with Gasteiger partial charge in [-0.25, -0.2) is 4.98 Å². The summed E-state index contributed by atoms with van der Waals surface area (Å²) >= 11 is 0. The monoisotopic (exact) mass is 457 g/mol. The van der Waals surface area contributed by atoms with Crippen LogP contribution in [-0.2, 0) is 13.1 Å². The standard InChI is InChI=1S/C18H27N5O.HI/c1-15-20-11-13-23(15)12-7-6-10-21-18(19-2)22-14-16-8-4-5-9-17(16)24-3;/h4-5,8-9,11,13H,6-7,10,12,14H2,1-3H3,(H2,19,21,22);1H. The zero-order valence-electron chi connectivity index (χ0n) is 15.2. The number of hydrogen-bond donors (Lipinski definition) is 2. The molecule has 1 heterocycles. The Bertz CT molecular complexity index is 656. The largest absolute Gasteiger partial charge is 0.496 e. The lowest BCUT2D eigenvalue weighted by Gasteiger charge is -2.13. The lowest BCUT2D eigenvalue weighted by molar-refractivity contribution is 0.409. The van der Waals surface area contributed by atoms with Crippen LogP contribution in [0.15, 0.2) is 41.7 Å². The van der Waals surface area contributed by atoms with E-state index < -0.39 is 0 Å². The number of rotatable bonds is 8. The minimum absolute atomic E-state index is 0. The Morgan fingerprint density at radius 3 is 2.72 bits per heavy atom. The molecule has 0 radical (unpaired) electrons. The van der Waals surface area contributed by atoms with Crippen molar-refractivity contribution in [3.63, 3.8) is 0 Å². The number of benzene rings is 1. The van der Waals surface area contributed by atoms with Crippen LogP contribution in [-0.4, -0.2) is 36.2 Å². The lowest BCUT2D eigenvalue weighted by atomic mass is 10.2. The maximum absolute atomic E-state index is 5.36. The molecule has 2 N–H and O–H groups in total. The number of nitrogens with one attached hydrogen (secondary N) is 2. The van der Waals surface area contributed by atoms with Crippen molar-refractivity contribution in [3.8, 4) is 5.75 Å². The fraction of sp³-hybridized carbons (Fsp3) is 0.444. The highest BCUT2D eigenvalue weighted by atomic mass is 127. The minimum atomic E-state index is 0. The highest BCUT2D eigenvalue weighted by Gasteiger charge is 2.03. The summed E-state index contributed by atoms with van der Waals surface area (Å²) < 4.78 is 7.54. The van der Waals surface area contributed by atoms with Crippen molar-refractivity contribution in [2.24, 2.45) is 4.99 Å². The molecule has 0 spiro atoms. The summed E-state index contributed by atoms with van der Waals surface area (Å²) in [5, 5.41) is 6.66. The van der Waals surface area contributed by atoms with E-state index in [1.54, 1.807) is 14.2 Å². The maximum atomic E-state index is 5.36. The first-order valence-corrected chi connectivity index (χ1v) is 8.28. The smallest absolute Gasteiger partial charge is 0.191 e. The minimum Gasteiger partial charge on any atom is -0.496 e. The predicted molar refractivity (Wildman–Crippen MR) is 113 cm³/mol. The van der Waals surface area contributed by atoms with Gasteiger partial charge < -0.3 is 19.9 Å². The van der Waals surface area contributed by atoms with Gasteiger partial charge in [-0.1, -0.05) is 18.2 Å². The first-order valence-electron chi connectivity index (χ1n) is 8.28. The van der Waals surface area contributed by atoms with Crippen LogP contribution in [0.1, 0.15) is 24.2 Å². The molecule has 7 heteroatoms. The van der Waals surface area contributed by atoms with E-state index in [1.807, 2.05) is 43.6 Å². The molecule has 0 aliphatic rings. The van der Waals surface area contributed by atoms with Crippen molar-refractivity contribution in [1.82, 2.24) is 20.2 Å². The Labute approximate surface area is 167 Å². The molecule has 6 nitrogen and oxygen atoms in total. The van der Waals surface area contributed by atoms with E-state index in [9.17, 15) is 0 Å². The summed E-state index contributed by atoms with van der Waals surface area (Å²) in [6.45, 7) is 4.60.